The van der Waals surface area contributed by atoms with Crippen LogP contribution in [-0.4, -0.2) is 45.1 Å². The summed E-state index contributed by atoms with van der Waals surface area (Å²) >= 11 is 0. The normalized spacial score (nSPS) is 21.2. The first-order chi connectivity index (χ1) is 12.4. The van der Waals surface area contributed by atoms with Crippen LogP contribution < -0.4 is 10.1 Å². The van der Waals surface area contributed by atoms with Gasteiger partial charge in [0.05, 0.1) is 30.2 Å². The Morgan fingerprint density at radius 3 is 2.46 bits per heavy atom. The van der Waals surface area contributed by atoms with Crippen molar-refractivity contribution >= 4 is 21.5 Å². The molecular weight excluding hydrogens is 361 g/mol. The molecule has 138 valence electrons. The van der Waals surface area contributed by atoms with Gasteiger partial charge in [0.15, 0.2) is 9.84 Å². The van der Waals surface area contributed by atoms with E-state index in [0.717, 1.165) is 6.07 Å². The van der Waals surface area contributed by atoms with Crippen molar-refractivity contribution in [3.8, 4) is 5.75 Å². The number of carbonyl (C=O) groups excluding carboxylic acids is 1. The number of halogens is 1. The summed E-state index contributed by atoms with van der Waals surface area (Å²) in [5.41, 5.74) is 0.444. The third kappa shape index (κ3) is 4.13. The Labute approximate surface area is 150 Å². The number of sulfone groups is 1. The number of methoxy groups -OCH3 is 1. The van der Waals surface area contributed by atoms with Gasteiger partial charge in [-0.2, -0.15) is 0 Å². The third-order valence-corrected chi connectivity index (χ3v) is 5.80. The van der Waals surface area contributed by atoms with Gasteiger partial charge in [-0.05, 0) is 36.4 Å². The van der Waals surface area contributed by atoms with E-state index in [4.69, 9.17) is 9.47 Å². The molecule has 1 fully saturated rings. The van der Waals surface area contributed by atoms with E-state index in [9.17, 15) is 17.6 Å². The molecule has 1 aliphatic heterocycles. The van der Waals surface area contributed by atoms with Crippen molar-refractivity contribution in [2.45, 2.75) is 12.1 Å². The van der Waals surface area contributed by atoms with Crippen LogP contribution >= 0.6 is 0 Å². The van der Waals surface area contributed by atoms with Crippen LogP contribution in [0.2, 0.25) is 0 Å². The Kier molecular flexibility index (Phi) is 5.13. The molecule has 2 aromatic rings. The lowest BCUT2D eigenvalue weighted by atomic mass is 10.1. The van der Waals surface area contributed by atoms with Gasteiger partial charge in [-0.1, -0.05) is 12.1 Å². The maximum Gasteiger partial charge on any atom is 0.341 e. The number of esters is 1. The average Bonchev–Trinajstić information content (AvgIpc) is 2.89. The summed E-state index contributed by atoms with van der Waals surface area (Å²) in [7, 11) is -1.83. The zero-order chi connectivity index (χ0) is 18.7. The molecule has 6 nitrogen and oxygen atoms in total. The van der Waals surface area contributed by atoms with Gasteiger partial charge in [0.1, 0.15) is 17.7 Å². The van der Waals surface area contributed by atoms with E-state index in [0.29, 0.717) is 11.4 Å². The van der Waals surface area contributed by atoms with Gasteiger partial charge in [0.25, 0.3) is 0 Å². The molecule has 0 unspecified atom stereocenters. The summed E-state index contributed by atoms with van der Waals surface area (Å²) in [6, 6.07) is 11.7. The van der Waals surface area contributed by atoms with E-state index in [2.05, 4.69) is 5.32 Å². The van der Waals surface area contributed by atoms with Crippen molar-refractivity contribution < 1.29 is 27.1 Å². The fourth-order valence-corrected chi connectivity index (χ4v) is 4.58. The second-order valence-corrected chi connectivity index (χ2v) is 8.13. The molecule has 0 amide bonds. The SMILES string of the molecule is COc1ccc(N[C@H]2CS(=O)(=O)C[C@H]2OC(=O)c2ccccc2F)cc1. The smallest absolute Gasteiger partial charge is 0.341 e. The molecule has 2 atom stereocenters. The molecule has 26 heavy (non-hydrogen) atoms. The van der Waals surface area contributed by atoms with Crippen LogP contribution in [0.5, 0.6) is 5.75 Å². The van der Waals surface area contributed by atoms with Crippen LogP contribution in [0.1, 0.15) is 10.4 Å². The van der Waals surface area contributed by atoms with Crippen LogP contribution in [0.4, 0.5) is 10.1 Å². The zero-order valence-corrected chi connectivity index (χ0v) is 14.8. The molecule has 0 saturated carbocycles. The Morgan fingerprint density at radius 1 is 1.12 bits per heavy atom. The van der Waals surface area contributed by atoms with Crippen molar-refractivity contribution in [2.75, 3.05) is 23.9 Å². The number of carbonyl (C=O) groups is 1. The molecule has 2 aromatic carbocycles. The molecular formula is C18H18FNO5S. The van der Waals surface area contributed by atoms with Gasteiger partial charge in [0.2, 0.25) is 0 Å². The molecule has 1 aliphatic rings. The van der Waals surface area contributed by atoms with Gasteiger partial charge in [-0.15, -0.1) is 0 Å². The van der Waals surface area contributed by atoms with E-state index >= 15 is 0 Å². The maximum absolute atomic E-state index is 13.7. The Bertz CT molecular complexity index is 898. The second-order valence-electron chi connectivity index (χ2n) is 5.98. The molecule has 0 radical (unpaired) electrons. The molecule has 1 saturated heterocycles. The van der Waals surface area contributed by atoms with E-state index in [1.165, 1.54) is 18.2 Å². The highest BCUT2D eigenvalue weighted by molar-refractivity contribution is 7.91. The summed E-state index contributed by atoms with van der Waals surface area (Å²) < 4.78 is 48.1. The maximum atomic E-state index is 13.7. The zero-order valence-electron chi connectivity index (χ0n) is 14.0. The fraction of sp³-hybridized carbons (Fsp3) is 0.278. The molecule has 0 bridgehead atoms. The lowest BCUT2D eigenvalue weighted by Crippen LogP contribution is -2.36. The molecule has 1 N–H and O–H groups in total. The first-order valence-corrected chi connectivity index (χ1v) is 9.76. The first kappa shape index (κ1) is 18.2. The predicted molar refractivity (Wildman–Crippen MR) is 94.7 cm³/mol. The highest BCUT2D eigenvalue weighted by atomic mass is 32.2. The molecule has 0 aromatic heterocycles. The number of anilines is 1. The Balaban J connectivity index is 1.75. The number of hydrogen-bond donors (Lipinski definition) is 1. The van der Waals surface area contributed by atoms with E-state index in [1.807, 2.05) is 0 Å². The van der Waals surface area contributed by atoms with Gasteiger partial charge in [-0.3, -0.25) is 0 Å². The average molecular weight is 379 g/mol. The van der Waals surface area contributed by atoms with Crippen molar-refractivity contribution in [1.82, 2.24) is 0 Å². The standard InChI is InChI=1S/C18H18FNO5S/c1-24-13-8-6-12(7-9-13)20-16-10-26(22,23)11-17(16)25-18(21)14-4-2-3-5-15(14)19/h2-9,16-17,20H,10-11H2,1H3/t16-,17+/m0/s1. The molecule has 1 heterocycles. The Morgan fingerprint density at radius 2 is 1.81 bits per heavy atom. The number of ether oxygens (including phenoxy) is 2. The summed E-state index contributed by atoms with van der Waals surface area (Å²) in [6.45, 7) is 0. The molecule has 8 heteroatoms. The van der Waals surface area contributed by atoms with Crippen molar-refractivity contribution in [3.63, 3.8) is 0 Å². The quantitative estimate of drug-likeness (QED) is 0.803. The summed E-state index contributed by atoms with van der Waals surface area (Å²) in [4.78, 5) is 12.2. The number of nitrogens with one attached hydrogen (secondary N) is 1. The minimum atomic E-state index is -3.37. The fourth-order valence-electron chi connectivity index (χ4n) is 2.80. The minimum absolute atomic E-state index is 0.172. The lowest BCUT2D eigenvalue weighted by molar-refractivity contribution is 0.0331. The number of benzene rings is 2. The van der Waals surface area contributed by atoms with Crippen molar-refractivity contribution in [1.29, 1.82) is 0 Å². The van der Waals surface area contributed by atoms with Gasteiger partial charge in [0, 0.05) is 5.69 Å². The van der Waals surface area contributed by atoms with Crippen LogP contribution in [0.25, 0.3) is 0 Å². The van der Waals surface area contributed by atoms with E-state index in [-0.39, 0.29) is 17.1 Å². The van der Waals surface area contributed by atoms with Crippen LogP contribution in [-0.2, 0) is 14.6 Å². The lowest BCUT2D eigenvalue weighted by Gasteiger charge is -2.21. The second kappa shape index (κ2) is 7.33. The monoisotopic (exact) mass is 379 g/mol. The van der Waals surface area contributed by atoms with E-state index < -0.39 is 33.8 Å². The topological polar surface area (TPSA) is 81.7 Å². The Hall–Kier alpha value is -2.61. The molecule has 3 rings (SSSR count). The van der Waals surface area contributed by atoms with Crippen molar-refractivity contribution in [2.24, 2.45) is 0 Å². The van der Waals surface area contributed by atoms with E-state index in [1.54, 1.807) is 31.4 Å². The highest BCUT2D eigenvalue weighted by Crippen LogP contribution is 2.23. The van der Waals surface area contributed by atoms with Crippen molar-refractivity contribution in [3.05, 3.63) is 59.9 Å². The molecule has 0 spiro atoms. The van der Waals surface area contributed by atoms with Crippen LogP contribution in [0.3, 0.4) is 0 Å². The summed E-state index contributed by atoms with van der Waals surface area (Å²) in [5, 5.41) is 3.06. The number of hydrogen-bond acceptors (Lipinski definition) is 6. The van der Waals surface area contributed by atoms with Gasteiger partial charge in [-0.25, -0.2) is 17.6 Å². The highest BCUT2D eigenvalue weighted by Gasteiger charge is 2.40. The predicted octanol–water partition coefficient (Wildman–Crippen LogP) is 2.27. The minimum Gasteiger partial charge on any atom is -0.497 e. The summed E-state index contributed by atoms with van der Waals surface area (Å²) in [6.07, 6.45) is -0.908. The summed E-state index contributed by atoms with van der Waals surface area (Å²) in [5.74, 6) is -1.41. The largest absolute Gasteiger partial charge is 0.497 e. The number of rotatable bonds is 5. The molecule has 0 aliphatic carbocycles. The first-order valence-electron chi connectivity index (χ1n) is 7.94. The van der Waals surface area contributed by atoms with Gasteiger partial charge >= 0.3 is 5.97 Å². The van der Waals surface area contributed by atoms with Crippen LogP contribution in [0.15, 0.2) is 48.5 Å². The van der Waals surface area contributed by atoms with Gasteiger partial charge < -0.3 is 14.8 Å². The van der Waals surface area contributed by atoms with Crippen LogP contribution in [0, 0.1) is 5.82 Å². The third-order valence-electron chi connectivity index (χ3n) is 4.09.